The molecule has 2 aromatic carbocycles. The molecule has 142 valence electrons. The molecule has 0 unspecified atom stereocenters. The van der Waals surface area contributed by atoms with E-state index in [1.54, 1.807) is 7.11 Å². The van der Waals surface area contributed by atoms with Gasteiger partial charge in [0, 0.05) is 18.6 Å². The minimum Gasteiger partial charge on any atom is -0.497 e. The van der Waals surface area contributed by atoms with Crippen LogP contribution in [0.25, 0.3) is 0 Å². The van der Waals surface area contributed by atoms with Crippen molar-refractivity contribution >= 4 is 5.91 Å². The maximum atomic E-state index is 12.9. The summed E-state index contributed by atoms with van der Waals surface area (Å²) in [6, 6.07) is 19.5. The van der Waals surface area contributed by atoms with Crippen LogP contribution in [-0.4, -0.2) is 37.0 Å². The predicted octanol–water partition coefficient (Wildman–Crippen LogP) is 3.58. The molecule has 4 nitrogen and oxygen atoms in total. The average molecular weight is 364 g/mol. The number of methoxy groups -OCH3 is 1. The molecular weight excluding hydrogens is 336 g/mol. The molecule has 2 aliphatic rings. The zero-order valence-corrected chi connectivity index (χ0v) is 15.9. The fraction of sp³-hybridized carbons (Fsp3) is 0.435. The minimum atomic E-state index is 0.105. The molecule has 4 heteroatoms. The molecule has 0 spiro atoms. The van der Waals surface area contributed by atoms with E-state index in [0.29, 0.717) is 18.6 Å². The first-order valence-corrected chi connectivity index (χ1v) is 9.97. The molecule has 0 saturated carbocycles. The highest BCUT2D eigenvalue weighted by Crippen LogP contribution is 2.44. The van der Waals surface area contributed by atoms with Crippen LogP contribution in [0, 0.1) is 5.92 Å². The van der Waals surface area contributed by atoms with Gasteiger partial charge in [0.15, 0.2) is 0 Å². The van der Waals surface area contributed by atoms with Crippen molar-refractivity contribution < 1.29 is 9.53 Å². The van der Waals surface area contributed by atoms with Crippen LogP contribution in [0.2, 0.25) is 0 Å². The standard InChI is InChI=1S/C23H28N2O2/c1-27-19-11-9-17(10-12-19)13-14-24-23(26)20-16-22(18-6-3-2-4-7-18)25-15-5-8-21(20)25/h2-4,6-7,9-12,20-22H,5,8,13-16H2,1H3,(H,24,26)/t20-,21+,22-/m1/s1. The Hall–Kier alpha value is -2.33. The van der Waals surface area contributed by atoms with Crippen molar-refractivity contribution in [1.82, 2.24) is 10.2 Å². The molecule has 1 amide bonds. The second kappa shape index (κ2) is 8.13. The fourth-order valence-electron chi connectivity index (χ4n) is 4.70. The Kier molecular flexibility index (Phi) is 5.44. The molecule has 2 fully saturated rings. The number of rotatable bonds is 6. The number of nitrogens with one attached hydrogen (secondary N) is 1. The van der Waals surface area contributed by atoms with Gasteiger partial charge in [-0.1, -0.05) is 42.5 Å². The smallest absolute Gasteiger partial charge is 0.224 e. The number of carbonyl (C=O) groups excluding carboxylic acids is 1. The summed E-state index contributed by atoms with van der Waals surface area (Å²) in [5.74, 6) is 1.19. The third-order valence-electron chi connectivity index (χ3n) is 6.08. The van der Waals surface area contributed by atoms with Crippen molar-refractivity contribution in [3.8, 4) is 5.75 Å². The van der Waals surface area contributed by atoms with Crippen LogP contribution in [0.15, 0.2) is 54.6 Å². The molecule has 2 aromatic rings. The monoisotopic (exact) mass is 364 g/mol. The Bertz CT molecular complexity index is 760. The van der Waals surface area contributed by atoms with Gasteiger partial charge in [-0.15, -0.1) is 0 Å². The number of fused-ring (bicyclic) bond motifs is 1. The Labute approximate surface area is 161 Å². The van der Waals surface area contributed by atoms with E-state index in [9.17, 15) is 4.79 Å². The number of hydrogen-bond donors (Lipinski definition) is 1. The van der Waals surface area contributed by atoms with Crippen molar-refractivity contribution in [3.63, 3.8) is 0 Å². The summed E-state index contributed by atoms with van der Waals surface area (Å²) in [6.07, 6.45) is 4.12. The van der Waals surface area contributed by atoms with E-state index in [1.807, 2.05) is 12.1 Å². The van der Waals surface area contributed by atoms with Crippen LogP contribution >= 0.6 is 0 Å². The van der Waals surface area contributed by atoms with Crippen LogP contribution in [0.3, 0.4) is 0 Å². The second-order valence-electron chi connectivity index (χ2n) is 7.61. The fourth-order valence-corrected chi connectivity index (χ4v) is 4.70. The molecule has 0 bridgehead atoms. The first kappa shape index (κ1) is 18.1. The highest BCUT2D eigenvalue weighted by Gasteiger charge is 2.46. The zero-order valence-electron chi connectivity index (χ0n) is 15.9. The van der Waals surface area contributed by atoms with Gasteiger partial charge in [-0.05, 0) is 55.5 Å². The molecule has 0 radical (unpaired) electrons. The Morgan fingerprint density at radius 3 is 2.67 bits per heavy atom. The van der Waals surface area contributed by atoms with Gasteiger partial charge < -0.3 is 10.1 Å². The van der Waals surface area contributed by atoms with Gasteiger partial charge in [-0.2, -0.15) is 0 Å². The predicted molar refractivity (Wildman–Crippen MR) is 107 cm³/mol. The Morgan fingerprint density at radius 1 is 1.15 bits per heavy atom. The van der Waals surface area contributed by atoms with Crippen LogP contribution in [-0.2, 0) is 11.2 Å². The molecule has 3 atom stereocenters. The number of nitrogens with zero attached hydrogens (tertiary/aromatic N) is 1. The molecule has 2 saturated heterocycles. The summed E-state index contributed by atoms with van der Waals surface area (Å²) in [7, 11) is 1.67. The molecule has 4 rings (SSSR count). The number of carbonyl (C=O) groups is 1. The normalized spacial score (nSPS) is 24.6. The van der Waals surface area contributed by atoms with Crippen LogP contribution in [0.5, 0.6) is 5.75 Å². The largest absolute Gasteiger partial charge is 0.497 e. The van der Waals surface area contributed by atoms with Gasteiger partial charge in [0.2, 0.25) is 5.91 Å². The Morgan fingerprint density at radius 2 is 1.93 bits per heavy atom. The van der Waals surface area contributed by atoms with Gasteiger partial charge in [0.25, 0.3) is 0 Å². The van der Waals surface area contributed by atoms with E-state index in [0.717, 1.165) is 31.6 Å². The molecule has 2 heterocycles. The topological polar surface area (TPSA) is 41.6 Å². The summed E-state index contributed by atoms with van der Waals surface area (Å²) in [4.78, 5) is 15.5. The lowest BCUT2D eigenvalue weighted by Crippen LogP contribution is -2.38. The zero-order chi connectivity index (χ0) is 18.6. The lowest BCUT2D eigenvalue weighted by atomic mass is 9.93. The van der Waals surface area contributed by atoms with E-state index in [2.05, 4.69) is 52.7 Å². The average Bonchev–Trinajstić information content (AvgIpc) is 3.32. The maximum Gasteiger partial charge on any atom is 0.224 e. The number of ether oxygens (including phenoxy) is 1. The quantitative estimate of drug-likeness (QED) is 0.852. The third-order valence-corrected chi connectivity index (χ3v) is 6.08. The number of benzene rings is 2. The van der Waals surface area contributed by atoms with Crippen LogP contribution in [0.1, 0.15) is 36.4 Å². The summed E-state index contributed by atoms with van der Waals surface area (Å²) >= 11 is 0. The van der Waals surface area contributed by atoms with Crippen molar-refractivity contribution in [2.75, 3.05) is 20.2 Å². The van der Waals surface area contributed by atoms with Gasteiger partial charge in [0.05, 0.1) is 13.0 Å². The lowest BCUT2D eigenvalue weighted by Gasteiger charge is -2.24. The van der Waals surface area contributed by atoms with E-state index >= 15 is 0 Å². The first-order chi connectivity index (χ1) is 13.3. The number of amides is 1. The SMILES string of the molecule is COc1ccc(CCNC(=O)[C@@H]2C[C@H](c3ccccc3)N3CCC[C@@H]23)cc1. The second-order valence-corrected chi connectivity index (χ2v) is 7.61. The van der Waals surface area contributed by atoms with Crippen molar-refractivity contribution in [3.05, 3.63) is 65.7 Å². The number of hydrogen-bond acceptors (Lipinski definition) is 3. The van der Waals surface area contributed by atoms with E-state index in [4.69, 9.17) is 4.74 Å². The van der Waals surface area contributed by atoms with Crippen LogP contribution in [0.4, 0.5) is 0 Å². The highest BCUT2D eigenvalue weighted by molar-refractivity contribution is 5.80. The molecule has 0 aromatic heterocycles. The molecule has 0 aliphatic carbocycles. The van der Waals surface area contributed by atoms with Gasteiger partial charge in [-0.25, -0.2) is 0 Å². The van der Waals surface area contributed by atoms with Crippen molar-refractivity contribution in [2.45, 2.75) is 37.8 Å². The summed E-state index contributed by atoms with van der Waals surface area (Å²) in [5, 5.41) is 3.19. The van der Waals surface area contributed by atoms with Crippen molar-refractivity contribution in [2.24, 2.45) is 5.92 Å². The molecule has 2 aliphatic heterocycles. The van der Waals surface area contributed by atoms with Crippen molar-refractivity contribution in [1.29, 1.82) is 0 Å². The van der Waals surface area contributed by atoms with Gasteiger partial charge in [0.1, 0.15) is 5.75 Å². The minimum absolute atomic E-state index is 0.105. The van der Waals surface area contributed by atoms with E-state index in [1.165, 1.54) is 17.5 Å². The summed E-state index contributed by atoms with van der Waals surface area (Å²) in [6.45, 7) is 1.80. The highest BCUT2D eigenvalue weighted by atomic mass is 16.5. The lowest BCUT2D eigenvalue weighted by molar-refractivity contribution is -0.125. The van der Waals surface area contributed by atoms with E-state index in [-0.39, 0.29) is 11.8 Å². The first-order valence-electron chi connectivity index (χ1n) is 9.97. The molecule has 27 heavy (non-hydrogen) atoms. The maximum absolute atomic E-state index is 12.9. The van der Waals surface area contributed by atoms with Crippen LogP contribution < -0.4 is 10.1 Å². The van der Waals surface area contributed by atoms with Gasteiger partial charge in [-0.3, -0.25) is 9.69 Å². The Balaban J connectivity index is 1.35. The molecular formula is C23H28N2O2. The summed E-state index contributed by atoms with van der Waals surface area (Å²) in [5.41, 5.74) is 2.56. The summed E-state index contributed by atoms with van der Waals surface area (Å²) < 4.78 is 5.19. The molecule has 1 N–H and O–H groups in total. The van der Waals surface area contributed by atoms with E-state index < -0.39 is 0 Å². The third kappa shape index (κ3) is 3.86. The van der Waals surface area contributed by atoms with Gasteiger partial charge >= 0.3 is 0 Å².